The first kappa shape index (κ1) is 14.7. The molecule has 0 aromatic heterocycles. The first-order chi connectivity index (χ1) is 10.0. The molecule has 1 saturated carbocycles. The fourth-order valence-electron chi connectivity index (χ4n) is 1.95. The van der Waals surface area contributed by atoms with Crippen LogP contribution in [0.2, 0.25) is 0 Å². The minimum atomic E-state index is -1.26. The van der Waals surface area contributed by atoms with Crippen molar-refractivity contribution in [2.75, 3.05) is 18.4 Å². The number of carbonyl (C=O) groups is 2. The highest BCUT2D eigenvalue weighted by molar-refractivity contribution is 5.97. The minimum Gasteiger partial charge on any atom is -0.505 e. The molecule has 0 aliphatic heterocycles. The first-order valence-corrected chi connectivity index (χ1v) is 6.57. The molecule has 0 spiro atoms. The molecule has 1 aromatic carbocycles. The molecule has 2 rings (SSSR count). The van der Waals surface area contributed by atoms with Gasteiger partial charge in [-0.1, -0.05) is 12.0 Å². The summed E-state index contributed by atoms with van der Waals surface area (Å²) in [5.41, 5.74) is -0.212. The lowest BCUT2D eigenvalue weighted by molar-refractivity contribution is 0.0693. The third-order valence-corrected chi connectivity index (χ3v) is 3.25. The zero-order valence-corrected chi connectivity index (χ0v) is 11.4. The number of carboxylic acid groups (broad SMARTS) is 1. The molecule has 0 atom stereocenters. The van der Waals surface area contributed by atoms with E-state index in [4.69, 9.17) is 11.5 Å². The summed E-state index contributed by atoms with van der Waals surface area (Å²) in [6, 6.07) is 3.70. The largest absolute Gasteiger partial charge is 0.505 e. The number of aromatic carboxylic acids is 1. The second-order valence-electron chi connectivity index (χ2n) is 4.97. The predicted molar refractivity (Wildman–Crippen MR) is 77.2 cm³/mol. The van der Waals surface area contributed by atoms with Crippen molar-refractivity contribution < 1.29 is 19.8 Å². The van der Waals surface area contributed by atoms with Gasteiger partial charge >= 0.3 is 12.0 Å². The van der Waals surface area contributed by atoms with E-state index in [2.05, 4.69) is 11.2 Å². The molecule has 0 bridgehead atoms. The number of hydrogen-bond acceptors (Lipinski definition) is 3. The summed E-state index contributed by atoms with van der Waals surface area (Å²) < 4.78 is 0. The molecular weight excluding hydrogens is 272 g/mol. The van der Waals surface area contributed by atoms with Crippen LogP contribution in [0.15, 0.2) is 18.2 Å². The van der Waals surface area contributed by atoms with Crippen LogP contribution in [0, 0.1) is 18.3 Å². The second kappa shape index (κ2) is 6.18. The van der Waals surface area contributed by atoms with Crippen LogP contribution in [0.1, 0.15) is 23.2 Å². The number of hydrogen-bond donors (Lipinski definition) is 3. The maximum absolute atomic E-state index is 12.2. The predicted octanol–water partition coefficient (Wildman–Crippen LogP) is 1.97. The maximum Gasteiger partial charge on any atom is 0.339 e. The van der Waals surface area contributed by atoms with Crippen molar-refractivity contribution in [2.24, 2.45) is 5.92 Å². The number of anilines is 1. The van der Waals surface area contributed by atoms with Crippen LogP contribution < -0.4 is 5.32 Å². The van der Waals surface area contributed by atoms with Gasteiger partial charge in [0.1, 0.15) is 5.56 Å². The lowest BCUT2D eigenvalue weighted by Gasteiger charge is -2.21. The molecule has 6 nitrogen and oxygen atoms in total. The molecule has 6 heteroatoms. The molecule has 0 radical (unpaired) electrons. The highest BCUT2D eigenvalue weighted by Crippen LogP contribution is 2.31. The Hall–Kier alpha value is -2.68. The fourth-order valence-corrected chi connectivity index (χ4v) is 1.95. The van der Waals surface area contributed by atoms with E-state index in [0.717, 1.165) is 12.8 Å². The number of aromatic hydroxyl groups is 1. The number of benzene rings is 1. The Balaban J connectivity index is 2.12. The molecular formula is C15H16N2O4. The van der Waals surface area contributed by atoms with Crippen molar-refractivity contribution >= 4 is 17.7 Å². The lowest BCUT2D eigenvalue weighted by Crippen LogP contribution is -2.36. The Morgan fingerprint density at radius 1 is 1.43 bits per heavy atom. The van der Waals surface area contributed by atoms with Crippen LogP contribution >= 0.6 is 0 Å². The van der Waals surface area contributed by atoms with Gasteiger partial charge in [0.25, 0.3) is 0 Å². The summed E-state index contributed by atoms with van der Waals surface area (Å²) in [5.74, 6) is 1.17. The summed E-state index contributed by atoms with van der Waals surface area (Å²) in [4.78, 5) is 24.6. The van der Waals surface area contributed by atoms with Crippen LogP contribution in [-0.4, -0.2) is 40.2 Å². The normalized spacial score (nSPS) is 13.3. The van der Waals surface area contributed by atoms with Gasteiger partial charge in [-0.15, -0.1) is 6.42 Å². The van der Waals surface area contributed by atoms with E-state index < -0.39 is 17.7 Å². The summed E-state index contributed by atoms with van der Waals surface area (Å²) >= 11 is 0. The van der Waals surface area contributed by atoms with Crippen molar-refractivity contribution in [3.63, 3.8) is 0 Å². The zero-order chi connectivity index (χ0) is 15.4. The standard InChI is InChI=1S/C15H16N2O4/c1-2-8-17(9-10-6-7-10)15(21)16-12-5-3-4-11(13(12)18)14(19)20/h1,3-5,10,18H,6-9H2,(H,16,21)(H,19,20). The van der Waals surface area contributed by atoms with Crippen molar-refractivity contribution in [3.05, 3.63) is 23.8 Å². The fraction of sp³-hybridized carbons (Fsp3) is 0.333. The van der Waals surface area contributed by atoms with E-state index in [1.807, 2.05) is 0 Å². The average Bonchev–Trinajstić information content (AvgIpc) is 3.24. The van der Waals surface area contributed by atoms with Crippen LogP contribution in [0.4, 0.5) is 10.5 Å². The molecule has 1 aliphatic carbocycles. The number of carboxylic acids is 1. The van der Waals surface area contributed by atoms with Gasteiger partial charge in [-0.05, 0) is 30.9 Å². The van der Waals surface area contributed by atoms with Gasteiger partial charge in [0.15, 0.2) is 5.75 Å². The van der Waals surface area contributed by atoms with Crippen LogP contribution in [0.5, 0.6) is 5.75 Å². The third-order valence-electron chi connectivity index (χ3n) is 3.25. The number of carbonyl (C=O) groups excluding carboxylic acids is 1. The van der Waals surface area contributed by atoms with Gasteiger partial charge in [0.2, 0.25) is 0 Å². The molecule has 21 heavy (non-hydrogen) atoms. The SMILES string of the molecule is C#CCN(CC1CC1)C(=O)Nc1cccc(C(=O)O)c1O. The van der Waals surface area contributed by atoms with Gasteiger partial charge in [0, 0.05) is 6.54 Å². The number of urea groups is 1. The molecule has 3 N–H and O–H groups in total. The number of terminal acetylenes is 1. The molecule has 2 amide bonds. The Morgan fingerprint density at radius 2 is 2.14 bits per heavy atom. The van der Waals surface area contributed by atoms with Crippen LogP contribution in [0.3, 0.4) is 0 Å². The summed E-state index contributed by atoms with van der Waals surface area (Å²) in [7, 11) is 0. The number of amides is 2. The summed E-state index contributed by atoms with van der Waals surface area (Å²) in [5, 5.41) is 21.3. The third kappa shape index (κ3) is 3.66. The van der Waals surface area contributed by atoms with Crippen molar-refractivity contribution in [3.8, 4) is 18.1 Å². The van der Waals surface area contributed by atoms with Crippen molar-refractivity contribution in [2.45, 2.75) is 12.8 Å². The molecule has 0 saturated heterocycles. The summed E-state index contributed by atoms with van der Waals surface area (Å²) in [6.45, 7) is 0.733. The molecule has 0 heterocycles. The highest BCUT2D eigenvalue weighted by Gasteiger charge is 2.27. The van der Waals surface area contributed by atoms with E-state index in [-0.39, 0.29) is 17.8 Å². The van der Waals surface area contributed by atoms with E-state index >= 15 is 0 Å². The highest BCUT2D eigenvalue weighted by atomic mass is 16.4. The molecule has 0 unspecified atom stereocenters. The average molecular weight is 288 g/mol. The molecule has 1 fully saturated rings. The van der Waals surface area contributed by atoms with Gasteiger partial charge in [-0.2, -0.15) is 0 Å². The quantitative estimate of drug-likeness (QED) is 0.570. The topological polar surface area (TPSA) is 89.9 Å². The molecule has 110 valence electrons. The minimum absolute atomic E-state index is 0.0534. The van der Waals surface area contributed by atoms with Gasteiger partial charge in [0.05, 0.1) is 12.2 Å². The Labute approximate surface area is 122 Å². The maximum atomic E-state index is 12.2. The lowest BCUT2D eigenvalue weighted by atomic mass is 10.1. The Kier molecular flexibility index (Phi) is 4.33. The zero-order valence-electron chi connectivity index (χ0n) is 11.4. The van der Waals surface area contributed by atoms with Crippen molar-refractivity contribution in [1.82, 2.24) is 4.90 Å². The monoisotopic (exact) mass is 288 g/mol. The number of rotatable bonds is 5. The van der Waals surface area contributed by atoms with Gasteiger partial charge in [-0.25, -0.2) is 9.59 Å². The Morgan fingerprint density at radius 3 is 2.71 bits per heavy atom. The first-order valence-electron chi connectivity index (χ1n) is 6.57. The van der Waals surface area contributed by atoms with E-state index in [1.54, 1.807) is 0 Å². The van der Waals surface area contributed by atoms with Gasteiger partial charge < -0.3 is 20.4 Å². The smallest absolute Gasteiger partial charge is 0.339 e. The Bertz CT molecular complexity index is 602. The number of nitrogens with zero attached hydrogens (tertiary/aromatic N) is 1. The second-order valence-corrected chi connectivity index (χ2v) is 4.97. The van der Waals surface area contributed by atoms with Gasteiger partial charge in [-0.3, -0.25) is 0 Å². The molecule has 1 aliphatic rings. The van der Waals surface area contributed by atoms with Crippen molar-refractivity contribution in [1.29, 1.82) is 0 Å². The number of nitrogens with one attached hydrogen (secondary N) is 1. The van der Waals surface area contributed by atoms with E-state index in [0.29, 0.717) is 12.5 Å². The number of phenols is 1. The van der Waals surface area contributed by atoms with Crippen LogP contribution in [0.25, 0.3) is 0 Å². The van der Waals surface area contributed by atoms with Crippen LogP contribution in [-0.2, 0) is 0 Å². The van der Waals surface area contributed by atoms with E-state index in [1.165, 1.54) is 23.1 Å². The number of para-hydroxylation sites is 1. The van der Waals surface area contributed by atoms with E-state index in [9.17, 15) is 14.7 Å². The molecule has 1 aromatic rings. The summed E-state index contributed by atoms with van der Waals surface area (Å²) in [6.07, 6.45) is 7.41.